The number of phenols is 1. The van der Waals surface area contributed by atoms with E-state index in [1.165, 1.54) is 37.1 Å². The van der Waals surface area contributed by atoms with Gasteiger partial charge in [0.1, 0.15) is 11.5 Å². The van der Waals surface area contributed by atoms with Gasteiger partial charge in [-0.25, -0.2) is 0 Å². The predicted octanol–water partition coefficient (Wildman–Crippen LogP) is 3.46. The normalized spacial score (nSPS) is 32.4. The molecule has 4 nitrogen and oxygen atoms in total. The van der Waals surface area contributed by atoms with Gasteiger partial charge in [0, 0.05) is 36.7 Å². The first-order chi connectivity index (χ1) is 13.2. The Morgan fingerprint density at radius 3 is 2.48 bits per heavy atom. The van der Waals surface area contributed by atoms with Crippen LogP contribution in [0.5, 0.6) is 11.5 Å². The molecule has 6 rings (SSSR count). The summed E-state index contributed by atoms with van der Waals surface area (Å²) in [5.41, 5.74) is 2.64. The van der Waals surface area contributed by atoms with Gasteiger partial charge in [-0.1, -0.05) is 30.3 Å². The fraction of sp³-hybridized carbons (Fsp3) is 0.478. The largest absolute Gasteiger partial charge is 0.508 e. The Hall–Kier alpha value is -2.04. The van der Waals surface area contributed by atoms with E-state index in [9.17, 15) is 5.11 Å². The Morgan fingerprint density at radius 2 is 1.74 bits per heavy atom. The highest BCUT2D eigenvalue weighted by Crippen LogP contribution is 2.48. The summed E-state index contributed by atoms with van der Waals surface area (Å²) in [5, 5.41) is 9.61. The van der Waals surface area contributed by atoms with Crippen LogP contribution in [0.15, 0.2) is 48.5 Å². The van der Waals surface area contributed by atoms with Crippen LogP contribution in [0.3, 0.4) is 0 Å². The molecule has 1 N–H and O–H groups in total. The third-order valence-corrected chi connectivity index (χ3v) is 6.95. The molecule has 4 saturated heterocycles. The van der Waals surface area contributed by atoms with E-state index < -0.39 is 0 Å². The van der Waals surface area contributed by atoms with Gasteiger partial charge >= 0.3 is 0 Å². The maximum absolute atomic E-state index is 9.61. The highest BCUT2D eigenvalue weighted by molar-refractivity contribution is 5.39. The van der Waals surface area contributed by atoms with Crippen LogP contribution < -0.4 is 4.74 Å². The van der Waals surface area contributed by atoms with Crippen LogP contribution in [0.1, 0.15) is 29.9 Å². The molecule has 0 radical (unpaired) electrons. The topological polar surface area (TPSA) is 35.9 Å². The minimum atomic E-state index is 0.341. The molecule has 4 aliphatic heterocycles. The van der Waals surface area contributed by atoms with E-state index in [0.717, 1.165) is 24.8 Å². The lowest BCUT2D eigenvalue weighted by Crippen LogP contribution is -2.59. The predicted molar refractivity (Wildman–Crippen MR) is 106 cm³/mol. The van der Waals surface area contributed by atoms with Gasteiger partial charge in [0.2, 0.25) is 0 Å². The maximum atomic E-state index is 9.61. The molecule has 142 valence electrons. The molecule has 4 heteroatoms. The van der Waals surface area contributed by atoms with Crippen LogP contribution in [0.2, 0.25) is 0 Å². The van der Waals surface area contributed by atoms with Gasteiger partial charge < -0.3 is 9.84 Å². The van der Waals surface area contributed by atoms with Gasteiger partial charge in [-0.05, 0) is 55.6 Å². The zero-order chi connectivity index (χ0) is 18.4. The number of phenolic OH excluding ortho intramolecular Hbond substituents is 1. The van der Waals surface area contributed by atoms with Crippen molar-refractivity contribution in [3.63, 3.8) is 0 Å². The number of rotatable bonds is 4. The maximum Gasteiger partial charge on any atom is 0.122 e. The quantitative estimate of drug-likeness (QED) is 0.901. The van der Waals surface area contributed by atoms with Gasteiger partial charge in [0.15, 0.2) is 0 Å². The monoisotopic (exact) mass is 364 g/mol. The number of benzene rings is 2. The number of piperidine rings is 3. The minimum absolute atomic E-state index is 0.341. The molecule has 4 fully saturated rings. The number of fused-ring (bicyclic) bond motifs is 2. The van der Waals surface area contributed by atoms with Crippen molar-refractivity contribution in [2.75, 3.05) is 26.7 Å². The van der Waals surface area contributed by atoms with Crippen molar-refractivity contribution < 1.29 is 9.84 Å². The van der Waals surface area contributed by atoms with E-state index in [0.29, 0.717) is 23.8 Å². The van der Waals surface area contributed by atoms with Gasteiger partial charge in [-0.3, -0.25) is 9.80 Å². The molecule has 0 aromatic heterocycles. The van der Waals surface area contributed by atoms with Crippen molar-refractivity contribution in [3.8, 4) is 11.5 Å². The van der Waals surface area contributed by atoms with Crippen LogP contribution in [0, 0.1) is 5.92 Å². The summed E-state index contributed by atoms with van der Waals surface area (Å²) < 4.78 is 5.72. The van der Waals surface area contributed by atoms with Crippen LogP contribution in [0.4, 0.5) is 0 Å². The molecule has 0 saturated carbocycles. The molecule has 2 bridgehead atoms. The number of nitrogens with zero attached hydrogens (tertiary/aromatic N) is 2. The summed E-state index contributed by atoms with van der Waals surface area (Å²) in [4.78, 5) is 5.43. The lowest BCUT2D eigenvalue weighted by molar-refractivity contribution is -0.00879. The molecule has 0 spiro atoms. The van der Waals surface area contributed by atoms with E-state index >= 15 is 0 Å². The highest BCUT2D eigenvalue weighted by Gasteiger charge is 2.53. The lowest BCUT2D eigenvalue weighted by atomic mass is 9.75. The van der Waals surface area contributed by atoms with Crippen molar-refractivity contribution in [1.82, 2.24) is 9.80 Å². The number of ether oxygens (including phenoxy) is 1. The van der Waals surface area contributed by atoms with E-state index in [-0.39, 0.29) is 0 Å². The zero-order valence-corrected chi connectivity index (χ0v) is 15.9. The van der Waals surface area contributed by atoms with Crippen molar-refractivity contribution in [1.29, 1.82) is 0 Å². The number of hydrogen-bond donors (Lipinski definition) is 1. The number of para-hydroxylation sites is 1. The van der Waals surface area contributed by atoms with Gasteiger partial charge in [-0.2, -0.15) is 0 Å². The first kappa shape index (κ1) is 17.1. The smallest absolute Gasteiger partial charge is 0.122 e. The third-order valence-electron chi connectivity index (χ3n) is 6.95. The molecule has 0 aliphatic carbocycles. The Balaban J connectivity index is 1.49. The molecule has 0 unspecified atom stereocenters. The van der Waals surface area contributed by atoms with E-state index in [1.807, 2.05) is 0 Å². The molecular weight excluding hydrogens is 336 g/mol. The molecule has 4 aliphatic rings. The highest BCUT2D eigenvalue weighted by atomic mass is 16.5. The fourth-order valence-electron chi connectivity index (χ4n) is 5.80. The summed E-state index contributed by atoms with van der Waals surface area (Å²) in [6.45, 7) is 4.51. The van der Waals surface area contributed by atoms with Crippen LogP contribution >= 0.6 is 0 Å². The van der Waals surface area contributed by atoms with Gasteiger partial charge in [-0.15, -0.1) is 0 Å². The molecule has 3 atom stereocenters. The van der Waals surface area contributed by atoms with Crippen molar-refractivity contribution in [2.24, 2.45) is 5.92 Å². The second-order valence-electron chi connectivity index (χ2n) is 8.30. The summed E-state index contributed by atoms with van der Waals surface area (Å²) in [5.74, 6) is 2.66. The average Bonchev–Trinajstić information content (AvgIpc) is 3.12. The Kier molecular flexibility index (Phi) is 4.33. The molecule has 2 aromatic carbocycles. The SMILES string of the molecule is COc1ccccc1[C@H]1CN(Cc2ccc(O)cc2)[C@@H]2C3CCN(CC3)[C@H]12. The first-order valence-corrected chi connectivity index (χ1v) is 10.1. The van der Waals surface area contributed by atoms with Crippen molar-refractivity contribution in [3.05, 3.63) is 59.7 Å². The van der Waals surface area contributed by atoms with E-state index in [4.69, 9.17) is 4.74 Å². The second-order valence-corrected chi connectivity index (χ2v) is 8.30. The van der Waals surface area contributed by atoms with E-state index in [1.54, 1.807) is 19.2 Å². The molecular formula is C23H28N2O2. The Labute approximate surface area is 161 Å². The fourth-order valence-corrected chi connectivity index (χ4v) is 5.80. The zero-order valence-electron chi connectivity index (χ0n) is 15.9. The Morgan fingerprint density at radius 1 is 1.00 bits per heavy atom. The minimum Gasteiger partial charge on any atom is -0.508 e. The third kappa shape index (κ3) is 2.91. The Bertz CT molecular complexity index is 798. The standard InChI is InChI=1S/C23H28N2O2/c1-27-21-5-3-2-4-19(21)20-15-25(14-16-6-8-18(26)9-7-16)22-17-10-12-24(13-11-17)23(20)22/h2-9,17,20,22-23,26H,10-15H2,1H3/t20-,22-,23-/m1/s1. The van der Waals surface area contributed by atoms with E-state index in [2.05, 4.69) is 46.2 Å². The summed E-state index contributed by atoms with van der Waals surface area (Å²) >= 11 is 0. The van der Waals surface area contributed by atoms with Crippen molar-refractivity contribution in [2.45, 2.75) is 37.4 Å². The van der Waals surface area contributed by atoms with Crippen LogP contribution in [0.25, 0.3) is 0 Å². The van der Waals surface area contributed by atoms with Crippen LogP contribution in [-0.2, 0) is 6.54 Å². The summed E-state index contributed by atoms with van der Waals surface area (Å²) in [7, 11) is 1.78. The van der Waals surface area contributed by atoms with Gasteiger partial charge in [0.05, 0.1) is 7.11 Å². The number of likely N-dealkylation sites (tertiary alicyclic amines) is 1. The van der Waals surface area contributed by atoms with Crippen LogP contribution in [-0.4, -0.2) is 53.7 Å². The molecule has 4 heterocycles. The average molecular weight is 364 g/mol. The second kappa shape index (κ2) is 6.84. The van der Waals surface area contributed by atoms with Gasteiger partial charge in [0.25, 0.3) is 0 Å². The molecule has 0 amide bonds. The first-order valence-electron chi connectivity index (χ1n) is 10.1. The number of aromatic hydroxyl groups is 1. The summed E-state index contributed by atoms with van der Waals surface area (Å²) in [6.07, 6.45) is 2.65. The lowest BCUT2D eigenvalue weighted by Gasteiger charge is -2.51. The van der Waals surface area contributed by atoms with Crippen molar-refractivity contribution >= 4 is 0 Å². The summed E-state index contributed by atoms with van der Waals surface area (Å²) in [6, 6.07) is 17.5. The molecule has 27 heavy (non-hydrogen) atoms. The number of methoxy groups -OCH3 is 1. The molecule has 2 aromatic rings. The number of hydrogen-bond acceptors (Lipinski definition) is 4.